The fourth-order valence-electron chi connectivity index (χ4n) is 1.65. The second-order valence-corrected chi connectivity index (χ2v) is 4.82. The van der Waals surface area contributed by atoms with E-state index in [1.165, 1.54) is 0 Å². The number of benzene rings is 2. The molecule has 2 aromatic rings. The summed E-state index contributed by atoms with van der Waals surface area (Å²) in [4.78, 5) is 0. The smallest absolute Gasteiger partial charge is 0.105 e. The number of aliphatic hydroxyl groups is 1. The van der Waals surface area contributed by atoms with Crippen LogP contribution in [0.25, 0.3) is 0 Å². The third-order valence-corrected chi connectivity index (χ3v) is 3.21. The second-order valence-electron chi connectivity index (χ2n) is 3.98. The van der Waals surface area contributed by atoms with Crippen molar-refractivity contribution in [1.29, 1.82) is 0 Å². The monoisotopic (exact) mass is 266 g/mol. The maximum Gasteiger partial charge on any atom is 0.105 e. The summed E-state index contributed by atoms with van der Waals surface area (Å²) in [5, 5.41) is 11.3. The lowest BCUT2D eigenvalue weighted by Gasteiger charge is -2.13. The molecular weight excluding hydrogens is 255 g/mol. The highest BCUT2D eigenvalue weighted by atomic mass is 35.5. The Morgan fingerprint density at radius 3 is 2.24 bits per heavy atom. The lowest BCUT2D eigenvalue weighted by molar-refractivity contribution is 0.220. The molecule has 88 valence electrons. The van der Waals surface area contributed by atoms with Crippen molar-refractivity contribution in [3.8, 4) is 0 Å². The molecule has 0 saturated carbocycles. The summed E-state index contributed by atoms with van der Waals surface area (Å²) in [5.41, 5.74) is 2.64. The first-order valence-corrected chi connectivity index (χ1v) is 6.03. The second kappa shape index (κ2) is 5.09. The van der Waals surface area contributed by atoms with Gasteiger partial charge < -0.3 is 5.11 Å². The van der Waals surface area contributed by atoms with Gasteiger partial charge in [-0.25, -0.2) is 0 Å². The van der Waals surface area contributed by atoms with E-state index < -0.39 is 6.10 Å². The van der Waals surface area contributed by atoms with Crippen molar-refractivity contribution in [2.45, 2.75) is 13.0 Å². The van der Waals surface area contributed by atoms with Crippen molar-refractivity contribution in [2.75, 3.05) is 0 Å². The Kier molecular flexibility index (Phi) is 3.72. The van der Waals surface area contributed by atoms with Gasteiger partial charge in [0, 0.05) is 15.6 Å². The molecule has 0 unspecified atom stereocenters. The van der Waals surface area contributed by atoms with Gasteiger partial charge in [0.1, 0.15) is 6.10 Å². The van der Waals surface area contributed by atoms with Gasteiger partial charge in [-0.1, -0.05) is 59.1 Å². The van der Waals surface area contributed by atoms with Crippen molar-refractivity contribution in [3.63, 3.8) is 0 Å². The Morgan fingerprint density at radius 1 is 1.00 bits per heavy atom. The maximum atomic E-state index is 10.2. The first-order valence-electron chi connectivity index (χ1n) is 5.27. The van der Waals surface area contributed by atoms with Crippen LogP contribution in [0.15, 0.2) is 42.5 Å². The van der Waals surface area contributed by atoms with Crippen LogP contribution in [0, 0.1) is 6.92 Å². The van der Waals surface area contributed by atoms with Gasteiger partial charge in [0.2, 0.25) is 0 Å². The van der Waals surface area contributed by atoms with Gasteiger partial charge in [0.05, 0.1) is 0 Å². The van der Waals surface area contributed by atoms with Crippen LogP contribution in [0.2, 0.25) is 10.0 Å². The highest BCUT2D eigenvalue weighted by molar-refractivity contribution is 6.35. The first-order chi connectivity index (χ1) is 8.08. The molecule has 0 radical (unpaired) electrons. The van der Waals surface area contributed by atoms with Crippen molar-refractivity contribution < 1.29 is 5.11 Å². The van der Waals surface area contributed by atoms with Gasteiger partial charge in [0.25, 0.3) is 0 Å². The SMILES string of the molecule is Cc1ccc([C@@H](O)c2ccc(Cl)cc2Cl)cc1. The van der Waals surface area contributed by atoms with Crippen molar-refractivity contribution in [2.24, 2.45) is 0 Å². The summed E-state index contributed by atoms with van der Waals surface area (Å²) in [5.74, 6) is 0. The quantitative estimate of drug-likeness (QED) is 0.855. The molecule has 0 heterocycles. The number of aliphatic hydroxyl groups excluding tert-OH is 1. The molecule has 0 aliphatic heterocycles. The zero-order valence-electron chi connectivity index (χ0n) is 9.32. The minimum absolute atomic E-state index is 0.477. The summed E-state index contributed by atoms with van der Waals surface area (Å²) in [7, 11) is 0. The first kappa shape index (κ1) is 12.4. The fraction of sp³-hybridized carbons (Fsp3) is 0.143. The van der Waals surface area contributed by atoms with Gasteiger partial charge in [-0.05, 0) is 24.6 Å². The number of aryl methyl sites for hydroxylation is 1. The van der Waals surface area contributed by atoms with Crippen molar-refractivity contribution in [1.82, 2.24) is 0 Å². The van der Waals surface area contributed by atoms with E-state index in [0.717, 1.165) is 11.1 Å². The van der Waals surface area contributed by atoms with E-state index in [4.69, 9.17) is 23.2 Å². The minimum atomic E-state index is -0.722. The van der Waals surface area contributed by atoms with Crippen LogP contribution in [0.4, 0.5) is 0 Å². The van der Waals surface area contributed by atoms with Gasteiger partial charge in [-0.3, -0.25) is 0 Å². The third-order valence-electron chi connectivity index (χ3n) is 2.65. The molecule has 0 aromatic heterocycles. The maximum absolute atomic E-state index is 10.2. The largest absolute Gasteiger partial charge is 0.384 e. The normalized spacial score (nSPS) is 12.5. The fourth-order valence-corrected chi connectivity index (χ4v) is 2.16. The van der Waals surface area contributed by atoms with E-state index in [0.29, 0.717) is 15.6 Å². The lowest BCUT2D eigenvalue weighted by atomic mass is 10.0. The van der Waals surface area contributed by atoms with Gasteiger partial charge in [-0.2, -0.15) is 0 Å². The van der Waals surface area contributed by atoms with Crippen molar-refractivity contribution in [3.05, 3.63) is 69.2 Å². The van der Waals surface area contributed by atoms with Crippen LogP contribution in [-0.4, -0.2) is 5.11 Å². The molecule has 2 rings (SSSR count). The van der Waals surface area contributed by atoms with Gasteiger partial charge in [0.15, 0.2) is 0 Å². The average Bonchev–Trinajstić information content (AvgIpc) is 2.29. The highest BCUT2D eigenvalue weighted by Crippen LogP contribution is 2.30. The summed E-state index contributed by atoms with van der Waals surface area (Å²) in [6.07, 6.45) is -0.722. The van der Waals surface area contributed by atoms with Gasteiger partial charge in [-0.15, -0.1) is 0 Å². The van der Waals surface area contributed by atoms with E-state index in [9.17, 15) is 5.11 Å². The molecule has 0 bridgehead atoms. The number of hydrogen-bond donors (Lipinski definition) is 1. The van der Waals surface area contributed by atoms with Gasteiger partial charge >= 0.3 is 0 Å². The molecule has 0 amide bonds. The van der Waals surface area contributed by atoms with E-state index >= 15 is 0 Å². The molecule has 1 N–H and O–H groups in total. The summed E-state index contributed by atoms with van der Waals surface area (Å²) < 4.78 is 0. The molecule has 0 saturated heterocycles. The summed E-state index contributed by atoms with van der Waals surface area (Å²) in [6, 6.07) is 12.8. The zero-order chi connectivity index (χ0) is 12.4. The molecule has 1 nitrogen and oxygen atoms in total. The zero-order valence-corrected chi connectivity index (χ0v) is 10.8. The molecule has 0 fully saturated rings. The predicted octanol–water partition coefficient (Wildman–Crippen LogP) is 4.38. The predicted molar refractivity (Wildman–Crippen MR) is 71.7 cm³/mol. The van der Waals surface area contributed by atoms with E-state index in [-0.39, 0.29) is 0 Å². The topological polar surface area (TPSA) is 20.2 Å². The Bertz CT molecular complexity index is 520. The van der Waals surface area contributed by atoms with E-state index in [1.54, 1.807) is 18.2 Å². The van der Waals surface area contributed by atoms with Crippen LogP contribution in [0.3, 0.4) is 0 Å². The molecule has 1 atom stereocenters. The molecule has 0 spiro atoms. The molecule has 3 heteroatoms. The van der Waals surface area contributed by atoms with Crippen molar-refractivity contribution >= 4 is 23.2 Å². The van der Waals surface area contributed by atoms with Crippen LogP contribution >= 0.6 is 23.2 Å². The lowest BCUT2D eigenvalue weighted by Crippen LogP contribution is -2.00. The minimum Gasteiger partial charge on any atom is -0.384 e. The summed E-state index contributed by atoms with van der Waals surface area (Å²) >= 11 is 11.9. The molecule has 0 aliphatic rings. The van der Waals surface area contributed by atoms with Crippen LogP contribution in [0.1, 0.15) is 22.8 Å². The average molecular weight is 267 g/mol. The Hall–Kier alpha value is -1.02. The number of halogens is 2. The number of hydrogen-bond acceptors (Lipinski definition) is 1. The molecule has 17 heavy (non-hydrogen) atoms. The summed E-state index contributed by atoms with van der Waals surface area (Å²) in [6.45, 7) is 2.01. The molecule has 2 aromatic carbocycles. The van der Waals surface area contributed by atoms with Crippen LogP contribution < -0.4 is 0 Å². The van der Waals surface area contributed by atoms with E-state index in [2.05, 4.69) is 0 Å². The Morgan fingerprint density at radius 2 is 1.65 bits per heavy atom. The Balaban J connectivity index is 2.36. The van der Waals surface area contributed by atoms with Crippen LogP contribution in [-0.2, 0) is 0 Å². The van der Waals surface area contributed by atoms with Crippen LogP contribution in [0.5, 0.6) is 0 Å². The molecule has 0 aliphatic carbocycles. The standard InChI is InChI=1S/C14H12Cl2O/c1-9-2-4-10(5-3-9)14(17)12-7-6-11(15)8-13(12)16/h2-8,14,17H,1H3/t14-/m1/s1. The Labute approximate surface area is 111 Å². The highest BCUT2D eigenvalue weighted by Gasteiger charge is 2.13. The van der Waals surface area contributed by atoms with E-state index in [1.807, 2.05) is 31.2 Å². The molecular formula is C14H12Cl2O. The number of rotatable bonds is 2. The third kappa shape index (κ3) is 2.81.